The number of nitrogens with zero attached hydrogens (tertiary/aromatic N) is 4. The van der Waals surface area contributed by atoms with Gasteiger partial charge in [-0.05, 0) is 81.6 Å². The van der Waals surface area contributed by atoms with Crippen LogP contribution < -0.4 is 0 Å². The van der Waals surface area contributed by atoms with Gasteiger partial charge in [0.25, 0.3) is 0 Å². The summed E-state index contributed by atoms with van der Waals surface area (Å²) in [4.78, 5) is 15.9. The molecule has 0 saturated carbocycles. The highest BCUT2D eigenvalue weighted by molar-refractivity contribution is 6.17. The predicted octanol–water partition coefficient (Wildman–Crippen LogP) is 16.3. The van der Waals surface area contributed by atoms with Crippen LogP contribution in [-0.2, 0) is 0 Å². The van der Waals surface area contributed by atoms with Crippen LogP contribution in [0.2, 0.25) is 0 Å². The summed E-state index contributed by atoms with van der Waals surface area (Å²) in [7, 11) is 0. The van der Waals surface area contributed by atoms with Crippen molar-refractivity contribution in [2.45, 2.75) is 0 Å². The molecule has 0 fully saturated rings. The molecule has 67 heavy (non-hydrogen) atoms. The molecule has 10 aromatic carbocycles. The minimum atomic E-state index is 0.528. The predicted molar refractivity (Wildman–Crippen MR) is 273 cm³/mol. The molecule has 6 heteroatoms. The van der Waals surface area contributed by atoms with Gasteiger partial charge in [0.05, 0.1) is 11.0 Å². The van der Waals surface area contributed by atoms with Gasteiger partial charge in [-0.25, -0.2) is 4.98 Å². The van der Waals surface area contributed by atoms with Gasteiger partial charge in [0.15, 0.2) is 11.6 Å². The van der Waals surface area contributed by atoms with Crippen LogP contribution in [0, 0.1) is 0 Å². The Hall–Kier alpha value is -9.13. The molecular weight excluding hydrogens is 821 g/mol. The maximum Gasteiger partial charge on any atom is 0.238 e. The van der Waals surface area contributed by atoms with E-state index < -0.39 is 0 Å². The molecule has 0 unspecified atom stereocenters. The van der Waals surface area contributed by atoms with Crippen molar-refractivity contribution in [2.75, 3.05) is 0 Å². The summed E-state index contributed by atoms with van der Waals surface area (Å²) in [6.45, 7) is 0. The van der Waals surface area contributed by atoms with E-state index >= 15 is 0 Å². The van der Waals surface area contributed by atoms with E-state index in [4.69, 9.17) is 23.8 Å². The molecule has 0 N–H and O–H groups in total. The molecule has 4 heterocycles. The SMILES string of the molecule is c1ccc(-c2nc(-c3ccc4c(c3)oc3ccccc34)nc(-n3c4cc5ccccc5cc4c4cccc(-c5cccc(-c6cccc(-c7cccc8c7oc7ccccc78)c6)c5)c43)n2)cc1. The van der Waals surface area contributed by atoms with Crippen molar-refractivity contribution in [3.05, 3.63) is 218 Å². The van der Waals surface area contributed by atoms with Crippen LogP contribution in [0.5, 0.6) is 0 Å². The fourth-order valence-corrected chi connectivity index (χ4v) is 10.1. The standard InChI is InChI=1S/C61H36N4O2/c1-2-14-37(15-3-1)59-62-60(44-30-31-49-47-22-6-8-28-54(47)66-56(49)36-44)64-61(63-59)65-53-35-41-17-5-4-16-40(41)34-52(53)50-26-12-24-45(57(50)65)42-20-10-18-38(32-42)39-19-11-21-43(33-39)46-25-13-27-51-48-23-7-9-29-55(48)67-58(46)51/h1-36H. The zero-order valence-electron chi connectivity index (χ0n) is 35.9. The lowest BCUT2D eigenvalue weighted by molar-refractivity contribution is 0.669. The van der Waals surface area contributed by atoms with Crippen molar-refractivity contribution in [3.8, 4) is 62.1 Å². The number of rotatable bonds is 6. The highest BCUT2D eigenvalue weighted by Gasteiger charge is 2.22. The molecule has 312 valence electrons. The number of hydrogen-bond acceptors (Lipinski definition) is 5. The minimum Gasteiger partial charge on any atom is -0.456 e. The lowest BCUT2D eigenvalue weighted by Gasteiger charge is -2.14. The first-order valence-electron chi connectivity index (χ1n) is 22.5. The summed E-state index contributed by atoms with van der Waals surface area (Å²) in [6.07, 6.45) is 0. The maximum atomic E-state index is 6.47. The van der Waals surface area contributed by atoms with E-state index in [0.717, 1.165) is 116 Å². The van der Waals surface area contributed by atoms with Crippen molar-refractivity contribution in [3.63, 3.8) is 0 Å². The molecule has 0 aliphatic carbocycles. The Morgan fingerprint density at radius 3 is 1.64 bits per heavy atom. The number of aromatic nitrogens is 4. The zero-order chi connectivity index (χ0) is 44.0. The van der Waals surface area contributed by atoms with Crippen LogP contribution in [0.25, 0.3) is 139 Å². The molecular formula is C61H36N4O2. The summed E-state index contributed by atoms with van der Waals surface area (Å²) < 4.78 is 15.1. The molecule has 0 amide bonds. The van der Waals surface area contributed by atoms with Crippen molar-refractivity contribution < 1.29 is 8.83 Å². The average Bonchev–Trinajstić information content (AvgIpc) is 4.07. The molecule has 0 saturated heterocycles. The topological polar surface area (TPSA) is 69.9 Å². The molecule has 4 aromatic heterocycles. The van der Waals surface area contributed by atoms with Crippen LogP contribution in [-0.4, -0.2) is 19.5 Å². The Kier molecular flexibility index (Phi) is 8.18. The third kappa shape index (κ3) is 6.00. The highest BCUT2D eigenvalue weighted by atomic mass is 16.3. The van der Waals surface area contributed by atoms with Gasteiger partial charge in [-0.3, -0.25) is 4.57 Å². The van der Waals surface area contributed by atoms with Gasteiger partial charge in [-0.15, -0.1) is 0 Å². The second-order valence-corrected chi connectivity index (χ2v) is 17.2. The molecule has 14 rings (SSSR count). The van der Waals surface area contributed by atoms with E-state index in [9.17, 15) is 0 Å². The zero-order valence-corrected chi connectivity index (χ0v) is 35.9. The summed E-state index contributed by atoms with van der Waals surface area (Å²) in [5.41, 5.74) is 13.7. The first-order valence-corrected chi connectivity index (χ1v) is 22.5. The monoisotopic (exact) mass is 856 g/mol. The van der Waals surface area contributed by atoms with Gasteiger partial charge in [0, 0.05) is 54.6 Å². The van der Waals surface area contributed by atoms with Gasteiger partial charge in [0.2, 0.25) is 5.95 Å². The quantitative estimate of drug-likeness (QED) is 0.167. The van der Waals surface area contributed by atoms with Gasteiger partial charge in [-0.1, -0.05) is 170 Å². The fraction of sp³-hybridized carbons (Fsp3) is 0. The smallest absolute Gasteiger partial charge is 0.238 e. The lowest BCUT2D eigenvalue weighted by Crippen LogP contribution is -2.07. The Morgan fingerprint density at radius 2 is 0.866 bits per heavy atom. The van der Waals surface area contributed by atoms with Crippen LogP contribution >= 0.6 is 0 Å². The molecule has 0 aliphatic heterocycles. The number of para-hydroxylation sites is 4. The molecule has 6 nitrogen and oxygen atoms in total. The number of benzene rings is 10. The number of hydrogen-bond donors (Lipinski definition) is 0. The second-order valence-electron chi connectivity index (χ2n) is 17.2. The van der Waals surface area contributed by atoms with E-state index in [1.807, 2.05) is 66.7 Å². The molecule has 0 radical (unpaired) electrons. The van der Waals surface area contributed by atoms with Crippen molar-refractivity contribution in [2.24, 2.45) is 0 Å². The van der Waals surface area contributed by atoms with Crippen LogP contribution in [0.3, 0.4) is 0 Å². The Labute approximate surface area is 383 Å². The van der Waals surface area contributed by atoms with E-state index in [1.54, 1.807) is 0 Å². The summed E-state index contributed by atoms with van der Waals surface area (Å²) in [5, 5.41) is 8.89. The summed E-state index contributed by atoms with van der Waals surface area (Å²) in [6, 6.07) is 76.5. The van der Waals surface area contributed by atoms with E-state index in [-0.39, 0.29) is 0 Å². The van der Waals surface area contributed by atoms with Crippen molar-refractivity contribution in [1.82, 2.24) is 19.5 Å². The normalized spacial score (nSPS) is 11.9. The van der Waals surface area contributed by atoms with Gasteiger partial charge < -0.3 is 8.83 Å². The molecule has 14 aromatic rings. The molecule has 0 spiro atoms. The number of furan rings is 2. The fourth-order valence-electron chi connectivity index (χ4n) is 10.1. The van der Waals surface area contributed by atoms with Gasteiger partial charge in [-0.2, -0.15) is 9.97 Å². The molecule has 0 atom stereocenters. The average molecular weight is 857 g/mol. The van der Waals surface area contributed by atoms with Gasteiger partial charge in [0.1, 0.15) is 22.3 Å². The minimum absolute atomic E-state index is 0.528. The Balaban J connectivity index is 0.978. The van der Waals surface area contributed by atoms with Crippen molar-refractivity contribution in [1.29, 1.82) is 0 Å². The van der Waals surface area contributed by atoms with Crippen molar-refractivity contribution >= 4 is 76.5 Å². The lowest BCUT2D eigenvalue weighted by atomic mass is 9.95. The third-order valence-electron chi connectivity index (χ3n) is 13.2. The Morgan fingerprint density at radius 1 is 0.313 bits per heavy atom. The van der Waals surface area contributed by atoms with E-state index in [2.05, 4.69) is 156 Å². The van der Waals surface area contributed by atoms with E-state index in [0.29, 0.717) is 17.6 Å². The van der Waals surface area contributed by atoms with Crippen LogP contribution in [0.4, 0.5) is 0 Å². The first kappa shape index (κ1) is 37.3. The third-order valence-corrected chi connectivity index (χ3v) is 13.2. The number of fused-ring (bicyclic) bond motifs is 10. The highest BCUT2D eigenvalue weighted by Crippen LogP contribution is 2.42. The second kappa shape index (κ2) is 14.7. The molecule has 0 bridgehead atoms. The maximum absolute atomic E-state index is 6.47. The largest absolute Gasteiger partial charge is 0.456 e. The summed E-state index contributed by atoms with van der Waals surface area (Å²) in [5.74, 6) is 1.67. The summed E-state index contributed by atoms with van der Waals surface area (Å²) >= 11 is 0. The van der Waals surface area contributed by atoms with E-state index in [1.165, 1.54) is 5.39 Å². The van der Waals surface area contributed by atoms with Gasteiger partial charge >= 0.3 is 0 Å². The Bertz CT molecular complexity index is 4290. The van der Waals surface area contributed by atoms with Crippen LogP contribution in [0.1, 0.15) is 0 Å². The molecule has 0 aliphatic rings. The van der Waals surface area contributed by atoms with Crippen LogP contribution in [0.15, 0.2) is 227 Å². The first-order chi connectivity index (χ1) is 33.2.